The van der Waals surface area contributed by atoms with E-state index in [2.05, 4.69) is 29.6 Å². The molecular weight excluding hydrogens is 285 g/mol. The molecule has 0 aliphatic carbocycles. The predicted octanol–water partition coefficient (Wildman–Crippen LogP) is 5.34. The average molecular weight is 298 g/mol. The lowest BCUT2D eigenvalue weighted by Gasteiger charge is -2.14. The Balaban J connectivity index is 1.81. The molecular formula is C18H13ClFN. The summed E-state index contributed by atoms with van der Waals surface area (Å²) in [5.41, 5.74) is 2.72. The SMILES string of the molecule is Fc1cc(Cl)cc2c1NC(c1cccc3ccccc13)C2. The van der Waals surface area contributed by atoms with Crippen LogP contribution >= 0.6 is 11.6 Å². The lowest BCUT2D eigenvalue weighted by Crippen LogP contribution is -2.06. The molecule has 0 fully saturated rings. The minimum Gasteiger partial charge on any atom is -0.375 e. The van der Waals surface area contributed by atoms with Gasteiger partial charge in [-0.3, -0.25) is 0 Å². The first-order valence-electron chi connectivity index (χ1n) is 6.94. The quantitative estimate of drug-likeness (QED) is 0.639. The maximum absolute atomic E-state index is 14.0. The summed E-state index contributed by atoms with van der Waals surface area (Å²) in [6.07, 6.45) is 0.751. The summed E-state index contributed by atoms with van der Waals surface area (Å²) in [6, 6.07) is 17.8. The highest BCUT2D eigenvalue weighted by Crippen LogP contribution is 2.39. The first kappa shape index (κ1) is 12.7. The van der Waals surface area contributed by atoms with Gasteiger partial charge in [0.05, 0.1) is 11.7 Å². The highest BCUT2D eigenvalue weighted by Gasteiger charge is 2.26. The zero-order valence-corrected chi connectivity index (χ0v) is 12.0. The maximum atomic E-state index is 14.0. The minimum atomic E-state index is -0.278. The molecule has 4 rings (SSSR count). The molecule has 1 unspecified atom stereocenters. The van der Waals surface area contributed by atoms with Crippen molar-refractivity contribution in [3.8, 4) is 0 Å². The number of hydrogen-bond donors (Lipinski definition) is 1. The van der Waals surface area contributed by atoms with E-state index >= 15 is 0 Å². The van der Waals surface area contributed by atoms with Gasteiger partial charge in [0.15, 0.2) is 0 Å². The van der Waals surface area contributed by atoms with Gasteiger partial charge in [0.25, 0.3) is 0 Å². The topological polar surface area (TPSA) is 12.0 Å². The molecule has 3 aromatic carbocycles. The van der Waals surface area contributed by atoms with Gasteiger partial charge in [-0.1, -0.05) is 54.1 Å². The molecule has 0 saturated heterocycles. The van der Waals surface area contributed by atoms with Crippen molar-refractivity contribution in [2.24, 2.45) is 0 Å². The Morgan fingerprint density at radius 2 is 1.86 bits per heavy atom. The molecule has 21 heavy (non-hydrogen) atoms. The number of fused-ring (bicyclic) bond motifs is 2. The standard InChI is InChI=1S/C18H13ClFN/c19-13-8-12-9-17(21-18(12)16(20)10-13)15-7-3-5-11-4-1-2-6-14(11)15/h1-8,10,17,21H,9H2. The van der Waals surface area contributed by atoms with Crippen LogP contribution in [-0.2, 0) is 6.42 Å². The van der Waals surface area contributed by atoms with Gasteiger partial charge in [0, 0.05) is 5.02 Å². The second-order valence-corrected chi connectivity index (χ2v) is 5.83. The Morgan fingerprint density at radius 3 is 2.76 bits per heavy atom. The Bertz CT molecular complexity index is 838. The summed E-state index contributed by atoms with van der Waals surface area (Å²) < 4.78 is 14.0. The van der Waals surface area contributed by atoms with Crippen molar-refractivity contribution in [1.82, 2.24) is 0 Å². The molecule has 1 N–H and O–H groups in total. The molecule has 1 nitrogen and oxygen atoms in total. The lowest BCUT2D eigenvalue weighted by molar-refractivity contribution is 0.631. The first-order valence-corrected chi connectivity index (χ1v) is 7.32. The van der Waals surface area contributed by atoms with E-state index in [9.17, 15) is 4.39 Å². The Kier molecular flexibility index (Phi) is 2.86. The summed E-state index contributed by atoms with van der Waals surface area (Å²) in [4.78, 5) is 0. The second-order valence-electron chi connectivity index (χ2n) is 5.39. The van der Waals surface area contributed by atoms with Gasteiger partial charge < -0.3 is 5.32 Å². The molecule has 3 aromatic rings. The second kappa shape index (κ2) is 4.74. The van der Waals surface area contributed by atoms with Crippen molar-refractivity contribution in [3.05, 3.63) is 76.6 Å². The number of anilines is 1. The third-order valence-electron chi connectivity index (χ3n) is 4.08. The van der Waals surface area contributed by atoms with Crippen LogP contribution in [-0.4, -0.2) is 0 Å². The van der Waals surface area contributed by atoms with Gasteiger partial charge in [-0.2, -0.15) is 0 Å². The summed E-state index contributed by atoms with van der Waals surface area (Å²) >= 11 is 5.95. The normalized spacial score (nSPS) is 16.8. The third kappa shape index (κ3) is 2.07. The summed E-state index contributed by atoms with van der Waals surface area (Å²) in [7, 11) is 0. The number of hydrogen-bond acceptors (Lipinski definition) is 1. The van der Waals surface area contributed by atoms with Gasteiger partial charge in [-0.25, -0.2) is 4.39 Å². The van der Waals surface area contributed by atoms with Gasteiger partial charge in [0.2, 0.25) is 0 Å². The Labute approximate surface area is 127 Å². The first-order chi connectivity index (χ1) is 10.2. The molecule has 1 atom stereocenters. The van der Waals surface area contributed by atoms with Crippen LogP contribution in [0.2, 0.25) is 5.02 Å². The summed E-state index contributed by atoms with van der Waals surface area (Å²) in [5, 5.41) is 6.16. The van der Waals surface area contributed by atoms with Gasteiger partial charge in [0.1, 0.15) is 5.82 Å². The lowest BCUT2D eigenvalue weighted by atomic mass is 9.97. The van der Waals surface area contributed by atoms with Crippen LogP contribution < -0.4 is 5.32 Å². The van der Waals surface area contributed by atoms with E-state index in [1.807, 2.05) is 24.3 Å². The molecule has 0 bridgehead atoms. The smallest absolute Gasteiger partial charge is 0.148 e. The van der Waals surface area contributed by atoms with Crippen LogP contribution in [0.3, 0.4) is 0 Å². The fraction of sp³-hybridized carbons (Fsp3) is 0.111. The maximum Gasteiger partial charge on any atom is 0.148 e. The fourth-order valence-electron chi connectivity index (χ4n) is 3.14. The van der Waals surface area contributed by atoms with E-state index in [1.54, 1.807) is 0 Å². The fourth-order valence-corrected chi connectivity index (χ4v) is 3.36. The van der Waals surface area contributed by atoms with E-state index in [0.717, 1.165) is 12.0 Å². The highest BCUT2D eigenvalue weighted by atomic mass is 35.5. The molecule has 0 radical (unpaired) electrons. The number of benzene rings is 3. The molecule has 3 heteroatoms. The van der Waals surface area contributed by atoms with E-state index in [-0.39, 0.29) is 11.9 Å². The minimum absolute atomic E-state index is 0.0825. The van der Waals surface area contributed by atoms with Gasteiger partial charge in [-0.05, 0) is 40.5 Å². The van der Waals surface area contributed by atoms with Crippen molar-refractivity contribution < 1.29 is 4.39 Å². The zero-order chi connectivity index (χ0) is 14.4. The van der Waals surface area contributed by atoms with E-state index in [0.29, 0.717) is 10.7 Å². The van der Waals surface area contributed by atoms with Gasteiger partial charge >= 0.3 is 0 Å². The van der Waals surface area contributed by atoms with Crippen molar-refractivity contribution >= 4 is 28.1 Å². The monoisotopic (exact) mass is 297 g/mol. The zero-order valence-electron chi connectivity index (χ0n) is 11.2. The molecule has 104 valence electrons. The average Bonchev–Trinajstić information content (AvgIpc) is 2.90. The molecule has 0 spiro atoms. The van der Waals surface area contributed by atoms with Crippen LogP contribution in [0.1, 0.15) is 17.2 Å². The summed E-state index contributed by atoms with van der Waals surface area (Å²) in [5.74, 6) is -0.278. The van der Waals surface area contributed by atoms with Crippen molar-refractivity contribution in [2.75, 3.05) is 5.32 Å². The molecule has 0 aromatic heterocycles. The molecule has 1 aliphatic heterocycles. The van der Waals surface area contributed by atoms with Crippen LogP contribution in [0.25, 0.3) is 10.8 Å². The Hall–Kier alpha value is -2.06. The molecule has 0 saturated carbocycles. The van der Waals surface area contributed by atoms with E-state index in [4.69, 9.17) is 11.6 Å². The van der Waals surface area contributed by atoms with E-state index in [1.165, 1.54) is 22.4 Å². The van der Waals surface area contributed by atoms with Crippen molar-refractivity contribution in [1.29, 1.82) is 0 Å². The van der Waals surface area contributed by atoms with Crippen LogP contribution in [0, 0.1) is 5.82 Å². The number of nitrogens with one attached hydrogen (secondary N) is 1. The molecule has 0 amide bonds. The largest absolute Gasteiger partial charge is 0.375 e. The van der Waals surface area contributed by atoms with Crippen molar-refractivity contribution in [2.45, 2.75) is 12.5 Å². The van der Waals surface area contributed by atoms with Crippen LogP contribution in [0.15, 0.2) is 54.6 Å². The van der Waals surface area contributed by atoms with E-state index < -0.39 is 0 Å². The highest BCUT2D eigenvalue weighted by molar-refractivity contribution is 6.30. The summed E-state index contributed by atoms with van der Waals surface area (Å²) in [6.45, 7) is 0. The number of rotatable bonds is 1. The molecule has 1 aliphatic rings. The third-order valence-corrected chi connectivity index (χ3v) is 4.30. The van der Waals surface area contributed by atoms with Crippen LogP contribution in [0.5, 0.6) is 0 Å². The predicted molar refractivity (Wildman–Crippen MR) is 85.4 cm³/mol. The Morgan fingerprint density at radius 1 is 1.05 bits per heavy atom. The van der Waals surface area contributed by atoms with Gasteiger partial charge in [-0.15, -0.1) is 0 Å². The van der Waals surface area contributed by atoms with Crippen molar-refractivity contribution in [3.63, 3.8) is 0 Å². The number of halogens is 2. The molecule has 1 heterocycles. The van der Waals surface area contributed by atoms with Crippen LogP contribution in [0.4, 0.5) is 10.1 Å².